The van der Waals surface area contributed by atoms with Crippen molar-refractivity contribution in [1.82, 2.24) is 29.8 Å². The molecule has 4 aromatic heterocycles. The number of benzene rings is 1. The first-order chi connectivity index (χ1) is 16.4. The van der Waals surface area contributed by atoms with Crippen LogP contribution in [0.1, 0.15) is 5.56 Å². The molecule has 172 valence electrons. The summed E-state index contributed by atoms with van der Waals surface area (Å²) in [6, 6.07) is 13.4. The Balaban J connectivity index is 0.000000336. The zero-order valence-corrected chi connectivity index (χ0v) is 18.2. The lowest BCUT2D eigenvalue weighted by atomic mass is 10.1. The first-order valence-electron chi connectivity index (χ1n) is 10.4. The molecule has 4 heterocycles. The maximum atomic E-state index is 13.6. The lowest BCUT2D eigenvalue weighted by molar-refractivity contribution is -0.138. The van der Waals surface area contributed by atoms with Gasteiger partial charge >= 0.3 is 5.97 Å². The van der Waals surface area contributed by atoms with Gasteiger partial charge in [0.1, 0.15) is 36.5 Å². The molecule has 1 aromatic carbocycles. The minimum atomic E-state index is -1.12. The predicted octanol–water partition coefficient (Wildman–Crippen LogP) is 3.31. The Morgan fingerprint density at radius 3 is 2.62 bits per heavy atom. The maximum Gasteiger partial charge on any atom is 0.322 e. The van der Waals surface area contributed by atoms with Gasteiger partial charge in [0.15, 0.2) is 0 Å². The molecule has 0 aliphatic rings. The third-order valence-electron chi connectivity index (χ3n) is 5.00. The molecule has 0 aliphatic heterocycles. The average Bonchev–Trinajstić information content (AvgIpc) is 3.42. The highest BCUT2D eigenvalue weighted by Gasteiger charge is 2.16. The van der Waals surface area contributed by atoms with Crippen LogP contribution in [-0.4, -0.2) is 48.0 Å². The molecule has 3 N–H and O–H groups in total. The van der Waals surface area contributed by atoms with Crippen LogP contribution in [0.5, 0.6) is 0 Å². The number of aliphatic carboxylic acids is 1. The number of aromatic amines is 1. The number of rotatable bonds is 5. The smallest absolute Gasteiger partial charge is 0.322 e. The number of fused-ring (bicyclic) bond motifs is 2. The van der Waals surface area contributed by atoms with E-state index < -0.39 is 24.2 Å². The van der Waals surface area contributed by atoms with Crippen molar-refractivity contribution in [2.24, 2.45) is 0 Å². The summed E-state index contributed by atoms with van der Waals surface area (Å²) >= 11 is 0. The van der Waals surface area contributed by atoms with Gasteiger partial charge in [-0.15, -0.1) is 0 Å². The number of aryl methyl sites for hydroxylation is 1. The fraction of sp³-hybridized carbons (Fsp3) is 0.125. The molecule has 5 rings (SSSR count). The van der Waals surface area contributed by atoms with Crippen LogP contribution in [0.3, 0.4) is 0 Å². The van der Waals surface area contributed by atoms with Crippen molar-refractivity contribution in [2.75, 3.05) is 6.54 Å². The van der Waals surface area contributed by atoms with Gasteiger partial charge in [-0.05, 0) is 19.1 Å². The molecule has 0 fully saturated rings. The molecule has 34 heavy (non-hydrogen) atoms. The highest BCUT2D eigenvalue weighted by Crippen LogP contribution is 2.31. The zero-order valence-electron chi connectivity index (χ0n) is 18.2. The second-order valence-corrected chi connectivity index (χ2v) is 7.48. The Labute approximate surface area is 193 Å². The van der Waals surface area contributed by atoms with Crippen molar-refractivity contribution in [3.8, 4) is 11.3 Å². The number of carboxylic acid groups (broad SMARTS) is 1. The van der Waals surface area contributed by atoms with Gasteiger partial charge in [0.2, 0.25) is 5.91 Å². The van der Waals surface area contributed by atoms with E-state index in [4.69, 9.17) is 5.11 Å². The predicted molar refractivity (Wildman–Crippen MR) is 124 cm³/mol. The summed E-state index contributed by atoms with van der Waals surface area (Å²) in [5.41, 5.74) is 3.60. The molecule has 0 atom stereocenters. The normalized spacial score (nSPS) is 10.6. The van der Waals surface area contributed by atoms with Crippen molar-refractivity contribution in [3.05, 3.63) is 78.8 Å². The van der Waals surface area contributed by atoms with E-state index in [-0.39, 0.29) is 6.54 Å². The quantitative estimate of drug-likeness (QED) is 0.369. The Bertz CT molecular complexity index is 1460. The van der Waals surface area contributed by atoms with E-state index in [9.17, 15) is 14.0 Å². The number of halogens is 1. The number of hydrogen-bond acceptors (Lipinski definition) is 5. The van der Waals surface area contributed by atoms with E-state index in [1.54, 1.807) is 23.0 Å². The van der Waals surface area contributed by atoms with Gasteiger partial charge in [0.05, 0.1) is 11.9 Å². The van der Waals surface area contributed by atoms with Gasteiger partial charge in [-0.2, -0.15) is 0 Å². The lowest BCUT2D eigenvalue weighted by Crippen LogP contribution is -2.32. The summed E-state index contributed by atoms with van der Waals surface area (Å²) in [5, 5.41) is 12.2. The molecular formula is C24H21FN6O3. The minimum Gasteiger partial charge on any atom is -0.480 e. The van der Waals surface area contributed by atoms with Crippen LogP contribution in [0.4, 0.5) is 4.39 Å². The van der Waals surface area contributed by atoms with E-state index in [0.717, 1.165) is 6.20 Å². The summed E-state index contributed by atoms with van der Waals surface area (Å²) in [4.78, 5) is 37.9. The van der Waals surface area contributed by atoms with E-state index in [2.05, 4.69) is 44.3 Å². The summed E-state index contributed by atoms with van der Waals surface area (Å²) in [7, 11) is 0. The van der Waals surface area contributed by atoms with E-state index in [0.29, 0.717) is 33.3 Å². The zero-order chi connectivity index (χ0) is 24.1. The van der Waals surface area contributed by atoms with Crippen molar-refractivity contribution in [3.63, 3.8) is 0 Å². The summed E-state index contributed by atoms with van der Waals surface area (Å²) in [5.74, 6) is -2.03. The second kappa shape index (κ2) is 9.90. The lowest BCUT2D eigenvalue weighted by Gasteiger charge is -2.06. The average molecular weight is 460 g/mol. The van der Waals surface area contributed by atoms with E-state index >= 15 is 0 Å². The topological polar surface area (TPSA) is 126 Å². The fourth-order valence-electron chi connectivity index (χ4n) is 3.44. The van der Waals surface area contributed by atoms with Crippen LogP contribution in [0.2, 0.25) is 0 Å². The van der Waals surface area contributed by atoms with Crippen molar-refractivity contribution < 1.29 is 19.1 Å². The Kier molecular flexibility index (Phi) is 6.58. The molecule has 0 saturated heterocycles. The number of nitrogens with one attached hydrogen (secondary N) is 2. The molecule has 10 heteroatoms. The molecule has 0 saturated carbocycles. The molecule has 0 aliphatic carbocycles. The molecule has 0 spiro atoms. The monoisotopic (exact) mass is 460 g/mol. The maximum absolute atomic E-state index is 13.6. The summed E-state index contributed by atoms with van der Waals surface area (Å²) in [6.07, 6.45) is 5.84. The van der Waals surface area contributed by atoms with E-state index in [1.807, 2.05) is 18.2 Å². The summed E-state index contributed by atoms with van der Waals surface area (Å²) in [6.45, 7) is 1.55. The van der Waals surface area contributed by atoms with Crippen LogP contribution in [0.15, 0.2) is 67.4 Å². The standard InChI is InChI=1S/C17H13FN6O3.C7H8/c18-9-3-11-12(5-21-16(11)20-4-9)15-10-1-2-24(17(10)23-8-22-15)7-13(25)19-6-14(26)27;1-7-5-3-2-4-6-7/h1-5,8H,6-7H2,(H,19,25)(H,20,21)(H,26,27);2-6H,1H3. The number of carbonyl (C=O) groups is 2. The van der Waals surface area contributed by atoms with Crippen molar-refractivity contribution >= 4 is 33.9 Å². The van der Waals surface area contributed by atoms with E-state index in [1.165, 1.54) is 18.0 Å². The number of H-pyrrole nitrogens is 1. The number of carbonyl (C=O) groups excluding carboxylic acids is 1. The highest BCUT2D eigenvalue weighted by atomic mass is 19.1. The Morgan fingerprint density at radius 1 is 1.12 bits per heavy atom. The van der Waals surface area contributed by atoms with Crippen LogP contribution in [0, 0.1) is 12.7 Å². The molecule has 0 bridgehead atoms. The van der Waals surface area contributed by atoms with Gasteiger partial charge in [-0.25, -0.2) is 19.3 Å². The molecule has 5 aromatic rings. The first kappa shape index (κ1) is 22.6. The SMILES string of the molecule is Cc1ccccc1.O=C(O)CNC(=O)Cn1ccc2c(-c3c[nH]c4ncc(F)cc34)ncnc21. The molecule has 9 nitrogen and oxygen atoms in total. The van der Waals surface area contributed by atoms with Gasteiger partial charge in [0.25, 0.3) is 0 Å². The number of nitrogens with zero attached hydrogens (tertiary/aromatic N) is 4. The molecule has 0 radical (unpaired) electrons. The molecule has 0 unspecified atom stereocenters. The minimum absolute atomic E-state index is 0.0860. The fourth-order valence-corrected chi connectivity index (χ4v) is 3.44. The van der Waals surface area contributed by atoms with Gasteiger partial charge in [0, 0.05) is 28.7 Å². The van der Waals surface area contributed by atoms with Crippen molar-refractivity contribution in [1.29, 1.82) is 0 Å². The van der Waals surface area contributed by atoms with Crippen LogP contribution < -0.4 is 5.32 Å². The van der Waals surface area contributed by atoms with Gasteiger partial charge < -0.3 is 20.0 Å². The number of pyridine rings is 1. The highest BCUT2D eigenvalue weighted by molar-refractivity contribution is 6.01. The number of amides is 1. The molecular weight excluding hydrogens is 439 g/mol. The van der Waals surface area contributed by atoms with Crippen LogP contribution in [0.25, 0.3) is 33.3 Å². The summed E-state index contributed by atoms with van der Waals surface area (Å²) < 4.78 is 15.2. The second-order valence-electron chi connectivity index (χ2n) is 7.48. The largest absolute Gasteiger partial charge is 0.480 e. The number of aromatic nitrogens is 5. The van der Waals surface area contributed by atoms with Crippen molar-refractivity contribution in [2.45, 2.75) is 13.5 Å². The van der Waals surface area contributed by atoms with Gasteiger partial charge in [-0.1, -0.05) is 35.9 Å². The number of carboxylic acids is 1. The van der Waals surface area contributed by atoms with Crippen LogP contribution in [-0.2, 0) is 16.1 Å². The third-order valence-corrected chi connectivity index (χ3v) is 5.00. The van der Waals surface area contributed by atoms with Crippen LogP contribution >= 0.6 is 0 Å². The Morgan fingerprint density at radius 2 is 1.91 bits per heavy atom. The van der Waals surface area contributed by atoms with Gasteiger partial charge in [-0.3, -0.25) is 9.59 Å². The first-order valence-corrected chi connectivity index (χ1v) is 10.4. The number of hydrogen-bond donors (Lipinski definition) is 3. The Hall–Kier alpha value is -4.60. The molecule has 1 amide bonds. The third kappa shape index (κ3) is 5.07.